The number of benzene rings is 2. The number of hydrogen-bond acceptors (Lipinski definition) is 3. The Bertz CT molecular complexity index is 885. The van der Waals surface area contributed by atoms with E-state index >= 15 is 0 Å². The number of amides is 2. The molecule has 2 N–H and O–H groups in total. The van der Waals surface area contributed by atoms with Crippen molar-refractivity contribution in [3.8, 4) is 5.75 Å². The van der Waals surface area contributed by atoms with Gasteiger partial charge in [0.1, 0.15) is 17.4 Å². The van der Waals surface area contributed by atoms with Gasteiger partial charge in [0.25, 0.3) is 0 Å². The highest BCUT2D eigenvalue weighted by molar-refractivity contribution is 5.82. The number of phenolic OH excluding ortho intramolecular Hbond substituents is 1. The Kier molecular flexibility index (Phi) is 5.41. The van der Waals surface area contributed by atoms with Crippen LogP contribution in [0.4, 0.5) is 13.6 Å². The van der Waals surface area contributed by atoms with E-state index in [1.54, 1.807) is 25.3 Å². The van der Waals surface area contributed by atoms with Gasteiger partial charge in [0.2, 0.25) is 0 Å². The minimum Gasteiger partial charge on any atom is -0.508 e. The van der Waals surface area contributed by atoms with E-state index in [9.17, 15) is 18.7 Å². The predicted octanol–water partition coefficient (Wildman–Crippen LogP) is 3.15. The summed E-state index contributed by atoms with van der Waals surface area (Å²) < 4.78 is 27.8. The third kappa shape index (κ3) is 3.93. The SMILES string of the molecule is CN(CCO)C(=O)N1CC(c2cc(F)ccc2F)=CC1c1cccc(O)c1. The highest BCUT2D eigenvalue weighted by Crippen LogP contribution is 2.37. The Morgan fingerprint density at radius 1 is 1.26 bits per heavy atom. The number of likely N-dealkylation sites (N-methyl/N-ethyl adjacent to an activating group) is 1. The molecular weight excluding hydrogens is 354 g/mol. The molecule has 0 radical (unpaired) electrons. The van der Waals surface area contributed by atoms with Crippen LogP contribution < -0.4 is 0 Å². The summed E-state index contributed by atoms with van der Waals surface area (Å²) in [6.45, 7) is 0.0345. The molecule has 0 bridgehead atoms. The molecular formula is C20H20F2N2O3. The van der Waals surface area contributed by atoms with Gasteiger partial charge < -0.3 is 20.0 Å². The molecule has 3 rings (SSSR count). The molecule has 142 valence electrons. The van der Waals surface area contributed by atoms with Crippen molar-refractivity contribution in [2.24, 2.45) is 0 Å². The molecule has 2 aromatic rings. The van der Waals surface area contributed by atoms with E-state index < -0.39 is 17.7 Å². The molecule has 5 nitrogen and oxygen atoms in total. The maximum absolute atomic E-state index is 14.2. The summed E-state index contributed by atoms with van der Waals surface area (Å²) in [5.41, 5.74) is 1.22. The molecule has 1 aliphatic heterocycles. The molecule has 0 saturated heterocycles. The number of aliphatic hydroxyl groups excluding tert-OH is 1. The van der Waals surface area contributed by atoms with Gasteiger partial charge in [0, 0.05) is 25.7 Å². The van der Waals surface area contributed by atoms with E-state index in [4.69, 9.17) is 5.11 Å². The van der Waals surface area contributed by atoms with E-state index in [0.29, 0.717) is 11.1 Å². The molecule has 0 aromatic heterocycles. The molecule has 2 amide bonds. The monoisotopic (exact) mass is 374 g/mol. The average molecular weight is 374 g/mol. The number of phenols is 1. The minimum absolute atomic E-state index is 0.0439. The van der Waals surface area contributed by atoms with E-state index in [-0.39, 0.29) is 37.0 Å². The lowest BCUT2D eigenvalue weighted by Gasteiger charge is -2.29. The predicted molar refractivity (Wildman–Crippen MR) is 97.0 cm³/mol. The van der Waals surface area contributed by atoms with Gasteiger partial charge in [-0.05, 0) is 41.5 Å². The lowest BCUT2D eigenvalue weighted by molar-refractivity contribution is 0.150. The third-order valence-electron chi connectivity index (χ3n) is 4.53. The number of halogens is 2. The van der Waals surface area contributed by atoms with E-state index in [2.05, 4.69) is 0 Å². The van der Waals surface area contributed by atoms with Crippen LogP contribution in [-0.4, -0.2) is 52.8 Å². The molecule has 27 heavy (non-hydrogen) atoms. The lowest BCUT2D eigenvalue weighted by Crippen LogP contribution is -2.42. The highest BCUT2D eigenvalue weighted by atomic mass is 19.1. The van der Waals surface area contributed by atoms with Crippen molar-refractivity contribution >= 4 is 11.6 Å². The smallest absolute Gasteiger partial charge is 0.320 e. The van der Waals surface area contributed by atoms with Gasteiger partial charge in [-0.2, -0.15) is 0 Å². The zero-order valence-electron chi connectivity index (χ0n) is 14.8. The first-order valence-electron chi connectivity index (χ1n) is 8.48. The fraction of sp³-hybridized carbons (Fsp3) is 0.250. The van der Waals surface area contributed by atoms with E-state index in [0.717, 1.165) is 18.2 Å². The maximum atomic E-state index is 14.2. The molecule has 2 aromatic carbocycles. The van der Waals surface area contributed by atoms with Gasteiger partial charge in [0.05, 0.1) is 12.6 Å². The number of aromatic hydroxyl groups is 1. The normalized spacial score (nSPS) is 16.4. The molecule has 1 heterocycles. The van der Waals surface area contributed by atoms with Gasteiger partial charge in [0.15, 0.2) is 0 Å². The number of hydrogen-bond donors (Lipinski definition) is 2. The Morgan fingerprint density at radius 2 is 2.04 bits per heavy atom. The van der Waals surface area contributed by atoms with Gasteiger partial charge in [-0.1, -0.05) is 18.2 Å². The van der Waals surface area contributed by atoms with Gasteiger partial charge >= 0.3 is 6.03 Å². The van der Waals surface area contributed by atoms with Crippen LogP contribution in [0.5, 0.6) is 5.75 Å². The number of rotatable bonds is 4. The Morgan fingerprint density at radius 3 is 2.74 bits per heavy atom. The third-order valence-corrected chi connectivity index (χ3v) is 4.53. The number of carbonyl (C=O) groups excluding carboxylic acids is 1. The molecule has 0 spiro atoms. The molecule has 0 fully saturated rings. The van der Waals surface area contributed by atoms with Crippen molar-refractivity contribution in [2.75, 3.05) is 26.7 Å². The van der Waals surface area contributed by atoms with Crippen molar-refractivity contribution < 1.29 is 23.8 Å². The Labute approximate surface area is 155 Å². The van der Waals surface area contributed by atoms with Gasteiger partial charge in [-0.15, -0.1) is 0 Å². The molecule has 7 heteroatoms. The van der Waals surface area contributed by atoms with Gasteiger partial charge in [-0.25, -0.2) is 13.6 Å². The van der Waals surface area contributed by atoms with Crippen LogP contribution >= 0.6 is 0 Å². The quantitative estimate of drug-likeness (QED) is 0.864. The van der Waals surface area contributed by atoms with Gasteiger partial charge in [-0.3, -0.25) is 0 Å². The van der Waals surface area contributed by atoms with Crippen molar-refractivity contribution in [1.29, 1.82) is 0 Å². The van der Waals surface area contributed by atoms with Crippen molar-refractivity contribution in [1.82, 2.24) is 9.80 Å². The lowest BCUT2D eigenvalue weighted by atomic mass is 10.0. The number of aliphatic hydroxyl groups is 1. The fourth-order valence-electron chi connectivity index (χ4n) is 3.17. The van der Waals surface area contributed by atoms with E-state index in [1.165, 1.54) is 21.9 Å². The summed E-state index contributed by atoms with van der Waals surface area (Å²) in [5.74, 6) is -1.10. The van der Waals surface area contributed by atoms with Crippen LogP contribution in [0.3, 0.4) is 0 Å². The van der Waals surface area contributed by atoms with E-state index in [1.807, 2.05) is 0 Å². The summed E-state index contributed by atoms with van der Waals surface area (Å²) in [5, 5.41) is 18.9. The van der Waals surface area contributed by atoms with Crippen LogP contribution in [0.15, 0.2) is 48.5 Å². The van der Waals surface area contributed by atoms with Crippen LogP contribution in [0.2, 0.25) is 0 Å². The zero-order valence-corrected chi connectivity index (χ0v) is 14.8. The Balaban J connectivity index is 2.01. The minimum atomic E-state index is -0.574. The van der Waals surface area contributed by atoms with Crippen LogP contribution in [0.25, 0.3) is 5.57 Å². The van der Waals surface area contributed by atoms with Crippen LogP contribution in [0, 0.1) is 11.6 Å². The summed E-state index contributed by atoms with van der Waals surface area (Å²) in [6, 6.07) is 8.72. The standard InChI is InChI=1S/C20H20F2N2O3/c1-23(7-8-25)20(27)24-12-14(17-11-15(21)5-6-18(17)22)10-19(24)13-3-2-4-16(26)9-13/h2-6,9-11,19,25-26H,7-8,12H2,1H3. The first-order valence-corrected chi connectivity index (χ1v) is 8.48. The number of carbonyl (C=O) groups is 1. The second-order valence-corrected chi connectivity index (χ2v) is 6.41. The average Bonchev–Trinajstić information content (AvgIpc) is 3.08. The molecule has 0 saturated carbocycles. The van der Waals surface area contributed by atoms with Crippen molar-refractivity contribution in [3.63, 3.8) is 0 Å². The number of nitrogens with zero attached hydrogens (tertiary/aromatic N) is 2. The van der Waals surface area contributed by atoms with Crippen LogP contribution in [-0.2, 0) is 0 Å². The largest absolute Gasteiger partial charge is 0.508 e. The second-order valence-electron chi connectivity index (χ2n) is 6.41. The first-order chi connectivity index (χ1) is 12.9. The zero-order chi connectivity index (χ0) is 19.6. The fourth-order valence-corrected chi connectivity index (χ4v) is 3.17. The second kappa shape index (κ2) is 7.75. The first kappa shape index (κ1) is 18.8. The van der Waals surface area contributed by atoms with Crippen molar-refractivity contribution in [2.45, 2.75) is 6.04 Å². The Hall–Kier alpha value is -2.93. The molecule has 0 aliphatic carbocycles. The topological polar surface area (TPSA) is 64.0 Å². The molecule has 1 unspecified atom stereocenters. The summed E-state index contributed by atoms with van der Waals surface area (Å²) in [6.07, 6.45) is 1.69. The maximum Gasteiger partial charge on any atom is 0.320 e. The molecule has 1 atom stereocenters. The number of urea groups is 1. The highest BCUT2D eigenvalue weighted by Gasteiger charge is 2.33. The van der Waals surface area contributed by atoms with Crippen LogP contribution in [0.1, 0.15) is 17.2 Å². The summed E-state index contributed by atoms with van der Waals surface area (Å²) >= 11 is 0. The molecule has 1 aliphatic rings. The van der Waals surface area contributed by atoms with Crippen molar-refractivity contribution in [3.05, 3.63) is 71.3 Å². The summed E-state index contributed by atoms with van der Waals surface area (Å²) in [7, 11) is 1.55. The summed E-state index contributed by atoms with van der Waals surface area (Å²) in [4.78, 5) is 15.7.